The van der Waals surface area contributed by atoms with Crippen LogP contribution in [0.3, 0.4) is 0 Å². The van der Waals surface area contributed by atoms with Crippen LogP contribution in [0.4, 0.5) is 10.1 Å². The Kier molecular flexibility index (Phi) is 4.65. The summed E-state index contributed by atoms with van der Waals surface area (Å²) in [5, 5.41) is 10.9. The second-order valence-electron chi connectivity index (χ2n) is 4.93. The van der Waals surface area contributed by atoms with Crippen LogP contribution in [0.1, 0.15) is 11.1 Å². The van der Waals surface area contributed by atoms with E-state index in [1.807, 2.05) is 0 Å². The van der Waals surface area contributed by atoms with E-state index < -0.39 is 16.7 Å². The Bertz CT molecular complexity index is 975. The van der Waals surface area contributed by atoms with Crippen molar-refractivity contribution in [3.63, 3.8) is 0 Å². The fraction of sp³-hybridized carbons (Fsp3) is 0. The molecule has 0 radical (unpaired) electrons. The van der Waals surface area contributed by atoms with E-state index in [0.717, 1.165) is 0 Å². The smallest absolute Gasteiger partial charge is 0.363 e. The first kappa shape index (κ1) is 17.2. The Hall–Kier alpha value is -2.58. The number of ether oxygens (including phenoxy) is 1. The Morgan fingerprint density at radius 2 is 2.04 bits per heavy atom. The van der Waals surface area contributed by atoms with Gasteiger partial charge in [0.05, 0.1) is 9.40 Å². The Morgan fingerprint density at radius 3 is 2.72 bits per heavy atom. The van der Waals surface area contributed by atoms with Gasteiger partial charge in [0, 0.05) is 11.6 Å². The normalized spacial score (nSPS) is 15.2. The van der Waals surface area contributed by atoms with Gasteiger partial charge in [0.1, 0.15) is 10.8 Å². The first-order valence-corrected chi connectivity index (χ1v) is 7.94. The van der Waals surface area contributed by atoms with Crippen molar-refractivity contribution >= 4 is 51.2 Å². The third kappa shape index (κ3) is 3.59. The van der Waals surface area contributed by atoms with Crippen molar-refractivity contribution in [2.45, 2.75) is 0 Å². The molecule has 3 rings (SSSR count). The zero-order chi connectivity index (χ0) is 18.1. The zero-order valence-corrected chi connectivity index (χ0v) is 14.5. The zero-order valence-electron chi connectivity index (χ0n) is 12.2. The van der Waals surface area contributed by atoms with Gasteiger partial charge >= 0.3 is 5.97 Å². The molecule has 1 heterocycles. The topological polar surface area (TPSA) is 81.8 Å². The summed E-state index contributed by atoms with van der Waals surface area (Å²) in [6, 6.07) is 8.15. The molecule has 0 bridgehead atoms. The van der Waals surface area contributed by atoms with E-state index in [4.69, 9.17) is 16.3 Å². The van der Waals surface area contributed by atoms with Crippen LogP contribution in [0, 0.1) is 15.9 Å². The van der Waals surface area contributed by atoms with Crippen molar-refractivity contribution in [3.8, 4) is 0 Å². The van der Waals surface area contributed by atoms with Gasteiger partial charge in [-0.25, -0.2) is 14.2 Å². The van der Waals surface area contributed by atoms with Gasteiger partial charge in [-0.1, -0.05) is 17.7 Å². The summed E-state index contributed by atoms with van der Waals surface area (Å²) in [4.78, 5) is 26.3. The molecule has 1 aliphatic rings. The van der Waals surface area contributed by atoms with Crippen LogP contribution in [-0.4, -0.2) is 16.8 Å². The number of cyclic esters (lactones) is 1. The van der Waals surface area contributed by atoms with Gasteiger partial charge in [0.15, 0.2) is 5.70 Å². The molecule has 0 spiro atoms. The fourth-order valence-corrected chi connectivity index (χ4v) is 2.66. The summed E-state index contributed by atoms with van der Waals surface area (Å²) in [7, 11) is 0. The molecule has 0 atom stereocenters. The molecule has 0 saturated carbocycles. The van der Waals surface area contributed by atoms with Gasteiger partial charge in [-0.15, -0.1) is 0 Å². The number of nitro benzene ring substituents is 1. The number of esters is 1. The van der Waals surface area contributed by atoms with Gasteiger partial charge in [-0.3, -0.25) is 10.1 Å². The number of nitro groups is 1. The highest BCUT2D eigenvalue weighted by Gasteiger charge is 2.26. The number of nitrogens with zero attached hydrogens (tertiary/aromatic N) is 2. The molecule has 0 amide bonds. The molecule has 25 heavy (non-hydrogen) atoms. The largest absolute Gasteiger partial charge is 0.402 e. The van der Waals surface area contributed by atoms with E-state index in [2.05, 4.69) is 20.9 Å². The summed E-state index contributed by atoms with van der Waals surface area (Å²) in [5.74, 6) is -1.22. The minimum atomic E-state index is -0.715. The van der Waals surface area contributed by atoms with Gasteiger partial charge < -0.3 is 4.74 Å². The fourth-order valence-electron chi connectivity index (χ4n) is 2.08. The maximum atomic E-state index is 13.3. The van der Waals surface area contributed by atoms with E-state index in [9.17, 15) is 19.3 Å². The summed E-state index contributed by atoms with van der Waals surface area (Å²) in [6.07, 6.45) is 1.42. The van der Waals surface area contributed by atoms with Crippen molar-refractivity contribution in [1.82, 2.24) is 0 Å². The van der Waals surface area contributed by atoms with Crippen LogP contribution in [-0.2, 0) is 9.53 Å². The molecule has 1 aliphatic heterocycles. The van der Waals surface area contributed by atoms with E-state index >= 15 is 0 Å². The van der Waals surface area contributed by atoms with Crippen molar-refractivity contribution in [2.24, 2.45) is 4.99 Å². The average Bonchev–Trinajstić information content (AvgIpc) is 2.92. The summed E-state index contributed by atoms with van der Waals surface area (Å²) < 4.78 is 18.5. The molecule has 0 aliphatic carbocycles. The predicted molar refractivity (Wildman–Crippen MR) is 92.8 cm³/mol. The van der Waals surface area contributed by atoms with Crippen LogP contribution >= 0.6 is 27.5 Å². The molecule has 0 aromatic heterocycles. The number of hydrogen-bond donors (Lipinski definition) is 0. The summed E-state index contributed by atoms with van der Waals surface area (Å²) >= 11 is 8.81. The highest BCUT2D eigenvalue weighted by Crippen LogP contribution is 2.28. The lowest BCUT2D eigenvalue weighted by Crippen LogP contribution is -2.06. The van der Waals surface area contributed by atoms with E-state index in [1.54, 1.807) is 0 Å². The maximum absolute atomic E-state index is 13.3. The molecule has 126 valence electrons. The SMILES string of the molecule is O=C1OC(c2ccc(Cl)c([N+](=O)[O-])c2)=N/C1=C\c1ccc(F)c(Br)c1. The van der Waals surface area contributed by atoms with Gasteiger partial charge in [0.2, 0.25) is 5.90 Å². The second-order valence-corrected chi connectivity index (χ2v) is 6.19. The van der Waals surface area contributed by atoms with E-state index in [1.165, 1.54) is 42.5 Å². The van der Waals surface area contributed by atoms with Crippen LogP contribution in [0.25, 0.3) is 6.08 Å². The van der Waals surface area contributed by atoms with Crippen LogP contribution in [0.2, 0.25) is 5.02 Å². The number of benzene rings is 2. The van der Waals surface area contributed by atoms with Gasteiger partial charge in [-0.2, -0.15) is 0 Å². The molecule has 2 aromatic carbocycles. The standard InChI is InChI=1S/C16H7BrClFN2O4/c17-10-5-8(1-4-12(10)19)6-13-16(22)25-15(20-13)9-2-3-11(18)14(7-9)21(23)24/h1-7H/b13-6-. The Balaban J connectivity index is 1.97. The first-order chi connectivity index (χ1) is 11.8. The average molecular weight is 426 g/mol. The molecule has 0 unspecified atom stereocenters. The van der Waals surface area contributed by atoms with Crippen molar-refractivity contribution in [1.29, 1.82) is 0 Å². The molecular formula is C16H7BrClFN2O4. The number of aliphatic imine (C=N–C) groups is 1. The number of carbonyl (C=O) groups is 1. The van der Waals surface area contributed by atoms with Crippen molar-refractivity contribution in [3.05, 3.63) is 78.6 Å². The Labute approximate surface area is 153 Å². The lowest BCUT2D eigenvalue weighted by molar-refractivity contribution is -0.384. The van der Waals surface area contributed by atoms with Gasteiger partial charge in [0.25, 0.3) is 5.69 Å². The number of carbonyl (C=O) groups excluding carboxylic acids is 1. The van der Waals surface area contributed by atoms with E-state index in [-0.39, 0.29) is 32.3 Å². The third-order valence-corrected chi connectivity index (χ3v) is 4.18. The van der Waals surface area contributed by atoms with E-state index in [0.29, 0.717) is 5.56 Å². The summed E-state index contributed by atoms with van der Waals surface area (Å²) in [5.41, 5.74) is 0.448. The predicted octanol–water partition coefficient (Wildman–Crippen LogP) is 4.49. The number of halogens is 3. The monoisotopic (exact) mass is 424 g/mol. The lowest BCUT2D eigenvalue weighted by Gasteiger charge is -2.00. The highest BCUT2D eigenvalue weighted by molar-refractivity contribution is 9.10. The molecule has 0 fully saturated rings. The quantitative estimate of drug-likeness (QED) is 0.314. The molecule has 0 N–H and O–H groups in total. The third-order valence-electron chi connectivity index (χ3n) is 3.26. The van der Waals surface area contributed by atoms with Crippen molar-refractivity contribution < 1.29 is 18.8 Å². The van der Waals surface area contributed by atoms with Crippen LogP contribution < -0.4 is 0 Å². The Morgan fingerprint density at radius 1 is 1.28 bits per heavy atom. The minimum absolute atomic E-state index is 0.00823. The van der Waals surface area contributed by atoms with Gasteiger partial charge in [-0.05, 0) is 51.8 Å². The molecule has 2 aromatic rings. The highest BCUT2D eigenvalue weighted by atomic mass is 79.9. The lowest BCUT2D eigenvalue weighted by atomic mass is 10.2. The van der Waals surface area contributed by atoms with Crippen LogP contribution in [0.5, 0.6) is 0 Å². The first-order valence-electron chi connectivity index (χ1n) is 6.77. The van der Waals surface area contributed by atoms with Crippen LogP contribution in [0.15, 0.2) is 51.6 Å². The number of hydrogen-bond acceptors (Lipinski definition) is 5. The van der Waals surface area contributed by atoms with Crippen molar-refractivity contribution in [2.75, 3.05) is 0 Å². The summed E-state index contributed by atoms with van der Waals surface area (Å²) in [6.45, 7) is 0. The maximum Gasteiger partial charge on any atom is 0.363 e. The second kappa shape index (κ2) is 6.73. The molecule has 9 heteroatoms. The molecule has 0 saturated heterocycles. The molecular weight excluding hydrogens is 419 g/mol. The minimum Gasteiger partial charge on any atom is -0.402 e. The molecule has 6 nitrogen and oxygen atoms in total. The number of rotatable bonds is 3.